The summed E-state index contributed by atoms with van der Waals surface area (Å²) in [7, 11) is 0. The number of para-hydroxylation sites is 1. The van der Waals surface area contributed by atoms with E-state index in [1.807, 2.05) is 0 Å². The molecule has 0 radical (unpaired) electrons. The number of nitrogens with zero attached hydrogens (tertiary/aromatic N) is 1. The first-order chi connectivity index (χ1) is 47.0. The molecule has 0 bridgehead atoms. The van der Waals surface area contributed by atoms with Crippen molar-refractivity contribution in [3.8, 4) is 44.5 Å². The maximum Gasteiger partial charge on any atom is 0.136 e. The summed E-state index contributed by atoms with van der Waals surface area (Å²) >= 11 is 0. The first-order valence-electron chi connectivity index (χ1n) is 37.6. The molecule has 290 valence electrons. The topological polar surface area (TPSA) is 16.4 Å². The van der Waals surface area contributed by atoms with E-state index in [0.29, 0.717) is 0 Å². The van der Waals surface area contributed by atoms with Gasteiger partial charge in [0.15, 0.2) is 0 Å². The fraction of sp³-hybridized carbons (Fsp3) is 0. The minimum atomic E-state index is -1.44. The van der Waals surface area contributed by atoms with Crippen molar-refractivity contribution in [2.75, 3.05) is 4.90 Å². The minimum Gasteiger partial charge on any atom is -0.456 e. The smallest absolute Gasteiger partial charge is 0.136 e. The van der Waals surface area contributed by atoms with Crippen molar-refractivity contribution in [3.05, 3.63) is 236 Å². The Morgan fingerprint density at radius 3 is 1.37 bits per heavy atom. The van der Waals surface area contributed by atoms with Gasteiger partial charge in [-0.1, -0.05) is 187 Å². The molecule has 0 amide bonds. The molecule has 0 saturated carbocycles. The Hall–Kier alpha value is -8.20. The molecule has 2 heteroatoms. The van der Waals surface area contributed by atoms with Gasteiger partial charge in [-0.15, -0.1) is 0 Å². The number of rotatable bonds is 7. The highest BCUT2D eigenvalue weighted by atomic mass is 16.3. The molecule has 0 saturated heterocycles. The van der Waals surface area contributed by atoms with E-state index in [1.165, 1.54) is 0 Å². The fourth-order valence-corrected chi connectivity index (χ4v) is 6.70. The molecule has 2 nitrogen and oxygen atoms in total. The van der Waals surface area contributed by atoms with Gasteiger partial charge in [0, 0.05) is 27.8 Å². The monoisotopic (exact) mass is 829 g/mol. The average Bonchev–Trinajstić information content (AvgIpc) is 1.52. The van der Waals surface area contributed by atoms with Gasteiger partial charge >= 0.3 is 0 Å². The summed E-state index contributed by atoms with van der Waals surface area (Å²) in [6.07, 6.45) is 0. The Balaban J connectivity index is 1.19. The molecule has 1 heterocycles. The number of anilines is 3. The molecule has 12 aromatic rings. The molecule has 11 aromatic carbocycles. The van der Waals surface area contributed by atoms with Crippen LogP contribution in [0.5, 0.6) is 0 Å². The third-order valence-electron chi connectivity index (χ3n) is 9.52. The van der Waals surface area contributed by atoms with Crippen molar-refractivity contribution >= 4 is 71.3 Å². The Morgan fingerprint density at radius 1 is 0.274 bits per heavy atom. The average molecular weight is 829 g/mol. The summed E-state index contributed by atoms with van der Waals surface area (Å²) in [5, 5.41) is -5.07. The Labute approximate surface area is 415 Å². The van der Waals surface area contributed by atoms with E-state index in [4.69, 9.17) is 34.6 Å². The van der Waals surface area contributed by atoms with Crippen molar-refractivity contribution < 1.29 is 57.9 Å². The molecule has 1 aromatic heterocycles. The van der Waals surface area contributed by atoms with Gasteiger partial charge in [-0.3, -0.25) is 0 Å². The number of furan rings is 1. The van der Waals surface area contributed by atoms with Crippen LogP contribution in [0.3, 0.4) is 0 Å². The quantitative estimate of drug-likeness (QED) is 0.149. The molecule has 0 aliphatic carbocycles. The summed E-state index contributed by atoms with van der Waals surface area (Å²) in [5.74, 6) is 0. The lowest BCUT2D eigenvalue weighted by molar-refractivity contribution is 0.669. The van der Waals surface area contributed by atoms with Gasteiger partial charge in [-0.2, -0.15) is 0 Å². The summed E-state index contributed by atoms with van der Waals surface area (Å²) in [6.45, 7) is 0. The third-order valence-corrected chi connectivity index (χ3v) is 9.52. The van der Waals surface area contributed by atoms with Gasteiger partial charge in [0.1, 0.15) is 11.2 Å². The second-order valence-corrected chi connectivity index (χ2v) is 13.0. The molecule has 0 atom stereocenters. The minimum absolute atomic E-state index is 0.203. The van der Waals surface area contributed by atoms with Crippen molar-refractivity contribution in [3.63, 3.8) is 0 Å². The van der Waals surface area contributed by atoms with Crippen LogP contribution in [-0.4, -0.2) is 0 Å². The number of hydrogen-bond acceptors (Lipinski definition) is 2. The SMILES string of the molecule is [2H]c1c([2H])c(-c2c([2H])c([2H])c([2H])c3c2c([2H])c([2H])c2c([2H])c([2H])c([2H])c([2H])c23)c([2H])c([2H])c1-c1c([2H])c([2H])c(N(c2c([2H])c([2H])c(-c3c([2H])c([2H])c([2H])c4c([2H])c([2H])c([2H])c([2H])c34)c([2H])c2[2H])c2c([2H])c([2H])c(-c3c([2H])c([2H])c([2H])c4oc5c([2H])c([2H])c([2H])c([2H])c5c34)c([2H])c2[2H])c([2H])c1[2H]. The highest BCUT2D eigenvalue weighted by Crippen LogP contribution is 2.41. The molecule has 62 heavy (non-hydrogen) atoms. The molecule has 0 unspecified atom stereocenters. The number of hydrogen-bond donors (Lipinski definition) is 0. The Kier molecular flexibility index (Phi) is 3.33. The predicted octanol–water partition coefficient (Wildman–Crippen LogP) is 17.2. The molecule has 12 rings (SSSR count). The van der Waals surface area contributed by atoms with Crippen LogP contribution in [-0.2, 0) is 0 Å². The third kappa shape index (κ3) is 6.12. The highest BCUT2D eigenvalue weighted by molar-refractivity contribution is 6.13. The zero-order chi connectivity index (χ0) is 74.9. The van der Waals surface area contributed by atoms with E-state index < -0.39 is 351 Å². The number of benzene rings is 11. The van der Waals surface area contributed by atoms with Crippen molar-refractivity contribution in [2.45, 2.75) is 0 Å². The van der Waals surface area contributed by atoms with Crippen LogP contribution in [0.2, 0.25) is 0 Å². The van der Waals surface area contributed by atoms with Crippen LogP contribution in [0.15, 0.2) is 240 Å². The Morgan fingerprint density at radius 2 is 0.694 bits per heavy atom. The van der Waals surface area contributed by atoms with E-state index >= 15 is 0 Å². The maximum absolute atomic E-state index is 9.80. The zero-order valence-electron chi connectivity index (χ0n) is 69.9. The molecule has 0 fully saturated rings. The summed E-state index contributed by atoms with van der Waals surface area (Å²) < 4.78 is 361. The van der Waals surface area contributed by atoms with Crippen molar-refractivity contribution in [1.82, 2.24) is 0 Å². The van der Waals surface area contributed by atoms with E-state index in [-0.39, 0.29) is 4.90 Å². The first-order valence-corrected chi connectivity index (χ1v) is 18.1. The summed E-state index contributed by atoms with van der Waals surface area (Å²) in [5.41, 5.74) is -12.8. The molecule has 0 spiro atoms. The van der Waals surface area contributed by atoms with Gasteiger partial charge in [0.25, 0.3) is 0 Å². The van der Waals surface area contributed by atoms with Gasteiger partial charge < -0.3 is 9.32 Å². The lowest BCUT2D eigenvalue weighted by atomic mass is 9.93. The highest BCUT2D eigenvalue weighted by Gasteiger charge is 2.17. The van der Waals surface area contributed by atoms with Crippen LogP contribution in [0.25, 0.3) is 98.8 Å². The Bertz CT molecular complexity index is 5830. The summed E-state index contributed by atoms with van der Waals surface area (Å²) in [6, 6.07) is -42.6. The second-order valence-electron chi connectivity index (χ2n) is 13.0. The lowest BCUT2D eigenvalue weighted by Gasteiger charge is -2.26. The first kappa shape index (κ1) is 13.9. The van der Waals surface area contributed by atoms with Gasteiger partial charge in [-0.05, 0) is 125 Å². The molecule has 0 aliphatic heterocycles. The van der Waals surface area contributed by atoms with Crippen LogP contribution in [0, 0.1) is 0 Å². The van der Waals surface area contributed by atoms with Crippen molar-refractivity contribution in [2.24, 2.45) is 0 Å². The zero-order valence-corrected chi connectivity index (χ0v) is 30.9. The lowest BCUT2D eigenvalue weighted by Crippen LogP contribution is -2.09. The normalized spacial score (nSPS) is 20.4. The van der Waals surface area contributed by atoms with Gasteiger partial charge in [-0.25, -0.2) is 0 Å². The maximum atomic E-state index is 9.80. The van der Waals surface area contributed by atoms with Crippen LogP contribution < -0.4 is 4.90 Å². The van der Waals surface area contributed by atoms with Gasteiger partial charge in [0.2, 0.25) is 0 Å². The van der Waals surface area contributed by atoms with E-state index in [9.17, 15) is 23.3 Å². The van der Waals surface area contributed by atoms with Crippen LogP contribution in [0.1, 0.15) is 53.5 Å². The van der Waals surface area contributed by atoms with Gasteiger partial charge in [0.05, 0.1) is 53.5 Å². The summed E-state index contributed by atoms with van der Waals surface area (Å²) in [4.78, 5) is 0.203. The molecule has 0 aliphatic rings. The second kappa shape index (κ2) is 14.8. The molecule has 0 N–H and O–H groups in total. The number of fused-ring (bicyclic) bond motifs is 7. The van der Waals surface area contributed by atoms with E-state index in [1.54, 1.807) is 0 Å². The predicted molar refractivity (Wildman–Crippen MR) is 263 cm³/mol. The van der Waals surface area contributed by atoms with Crippen molar-refractivity contribution in [1.29, 1.82) is 0 Å². The van der Waals surface area contributed by atoms with E-state index in [0.717, 1.165) is 0 Å². The fourth-order valence-electron chi connectivity index (χ4n) is 6.70. The van der Waals surface area contributed by atoms with Crippen LogP contribution >= 0.6 is 0 Å². The molecular formula is C60H39NO. The largest absolute Gasteiger partial charge is 0.456 e. The van der Waals surface area contributed by atoms with E-state index in [2.05, 4.69) is 0 Å². The van der Waals surface area contributed by atoms with Crippen LogP contribution in [0.4, 0.5) is 17.1 Å². The molecular weight excluding hydrogens is 751 g/mol. The standard InChI is InChI=1S/C60H39NO/c1-3-13-50-42(10-1)12-7-16-51(50)45-28-35-48(36-29-45)61(49-37-30-46(31-38-49)54-18-9-21-59-60(54)57-15-5-6-20-58(57)62-59)47-33-26-41(27-34-47)40-22-24-44(25-23-40)53-17-8-19-55-52-14-4-2-11-43(52)32-39-56(53)55/h1-39H/i1D,2D,3D,4D,5D,6D,7D,8D,9D,10D,11D,12D,13D,14D,15D,16D,17D,18D,19D,20D,21D,22D,23D,24D,25D,26D,27D,28D,29D,30D,31D,32D,33D,34D,35D,36D,37D,38D,39D.